The van der Waals surface area contributed by atoms with Crippen molar-refractivity contribution in [2.24, 2.45) is 0 Å². The van der Waals surface area contributed by atoms with Crippen molar-refractivity contribution in [2.75, 3.05) is 26.9 Å². The fraction of sp³-hybridized carbons (Fsp3) is 0.629. The van der Waals surface area contributed by atoms with Gasteiger partial charge in [0, 0.05) is 12.5 Å². The maximum Gasteiger partial charge on any atom is 0.338 e. The van der Waals surface area contributed by atoms with E-state index in [0.29, 0.717) is 49.1 Å². The van der Waals surface area contributed by atoms with Gasteiger partial charge < -0.3 is 24.1 Å². The molecule has 2 rings (SSSR count). The van der Waals surface area contributed by atoms with E-state index in [1.807, 2.05) is 6.07 Å². The predicted octanol–water partition coefficient (Wildman–Crippen LogP) is 9.67. The lowest BCUT2D eigenvalue weighted by atomic mass is 10.0. The highest BCUT2D eigenvalue weighted by molar-refractivity contribution is 5.90. The van der Waals surface area contributed by atoms with Gasteiger partial charge in [-0.1, -0.05) is 103 Å². The van der Waals surface area contributed by atoms with Crippen LogP contribution in [0.25, 0.3) is 0 Å². The van der Waals surface area contributed by atoms with Crippen LogP contribution in [0.2, 0.25) is 0 Å². The Bertz CT molecular complexity index is 927. The number of esters is 1. The Morgan fingerprint density at radius 1 is 0.561 bits per heavy atom. The Hall–Kier alpha value is -2.89. The summed E-state index contributed by atoms with van der Waals surface area (Å²) in [5.41, 5.74) is 0.410. The number of carbonyl (C=O) groups excluding carboxylic acids is 1. The summed E-state index contributed by atoms with van der Waals surface area (Å²) < 4.78 is 22.4. The summed E-state index contributed by atoms with van der Waals surface area (Å²) in [5, 5.41) is 9.35. The lowest BCUT2D eigenvalue weighted by Gasteiger charge is -2.12. The Balaban J connectivity index is 1.54. The highest BCUT2D eigenvalue weighted by Crippen LogP contribution is 2.24. The van der Waals surface area contributed by atoms with E-state index >= 15 is 0 Å². The topological polar surface area (TPSA) is 74.2 Å². The van der Waals surface area contributed by atoms with Gasteiger partial charge in [0.2, 0.25) is 0 Å². The lowest BCUT2D eigenvalue weighted by molar-refractivity contribution is 0.0599. The van der Waals surface area contributed by atoms with Crippen LogP contribution in [0, 0.1) is 0 Å². The number of carbonyl (C=O) groups is 1. The van der Waals surface area contributed by atoms with Crippen LogP contribution in [-0.4, -0.2) is 38.0 Å². The molecule has 0 fully saturated rings. The third-order valence-electron chi connectivity index (χ3n) is 7.23. The smallest absolute Gasteiger partial charge is 0.338 e. The zero-order valence-corrected chi connectivity index (χ0v) is 25.7. The number of ether oxygens (including phenoxy) is 4. The Morgan fingerprint density at radius 3 is 1.44 bits per heavy atom. The molecule has 0 aliphatic carbocycles. The zero-order chi connectivity index (χ0) is 29.4. The van der Waals surface area contributed by atoms with Gasteiger partial charge in [-0.05, 0) is 42.8 Å². The van der Waals surface area contributed by atoms with E-state index < -0.39 is 5.97 Å². The summed E-state index contributed by atoms with van der Waals surface area (Å²) in [6.45, 7) is 3.80. The molecule has 2 aromatic carbocycles. The first-order valence-electron chi connectivity index (χ1n) is 16.0. The van der Waals surface area contributed by atoms with E-state index in [-0.39, 0.29) is 5.75 Å². The van der Waals surface area contributed by atoms with Crippen molar-refractivity contribution in [2.45, 2.75) is 116 Å². The number of phenolic OH excluding ortho intramolecular Hbond substituents is 1. The van der Waals surface area contributed by atoms with Crippen molar-refractivity contribution in [1.29, 1.82) is 0 Å². The molecule has 0 saturated carbocycles. The molecule has 0 heterocycles. The second-order valence-corrected chi connectivity index (χ2v) is 10.9. The third kappa shape index (κ3) is 16.8. The number of methoxy groups -OCH3 is 1. The molecular formula is C35H54O6. The standard InChI is InChI=1S/C35H54O6/c1-3-4-5-6-7-8-9-10-11-12-13-14-15-16-17-18-24-40-33-27-30(35(37)38-2)28-34(29-33)41-26-19-25-39-32-22-20-31(36)21-23-32/h20-23,27-29,36H,3-19,24-26H2,1-2H3. The summed E-state index contributed by atoms with van der Waals surface area (Å²) in [4.78, 5) is 12.1. The average Bonchev–Trinajstić information content (AvgIpc) is 2.99. The van der Waals surface area contributed by atoms with Crippen LogP contribution in [0.15, 0.2) is 42.5 Å². The second-order valence-electron chi connectivity index (χ2n) is 10.9. The van der Waals surface area contributed by atoms with Gasteiger partial charge in [-0.2, -0.15) is 0 Å². The first kappa shape index (κ1) is 34.3. The van der Waals surface area contributed by atoms with E-state index in [4.69, 9.17) is 18.9 Å². The molecule has 41 heavy (non-hydrogen) atoms. The second kappa shape index (κ2) is 22.8. The number of rotatable bonds is 25. The van der Waals surface area contributed by atoms with Crippen molar-refractivity contribution in [3.8, 4) is 23.0 Å². The van der Waals surface area contributed by atoms with Crippen LogP contribution in [0.4, 0.5) is 0 Å². The molecule has 0 spiro atoms. The van der Waals surface area contributed by atoms with Crippen LogP contribution in [0.5, 0.6) is 23.0 Å². The summed E-state index contributed by atoms with van der Waals surface area (Å²) >= 11 is 0. The van der Waals surface area contributed by atoms with Gasteiger partial charge in [0.1, 0.15) is 23.0 Å². The molecule has 0 saturated heterocycles. The Labute approximate surface area is 248 Å². The molecule has 6 nitrogen and oxygen atoms in total. The Kier molecular flexibility index (Phi) is 19.0. The largest absolute Gasteiger partial charge is 0.508 e. The number of phenols is 1. The van der Waals surface area contributed by atoms with E-state index in [9.17, 15) is 9.90 Å². The van der Waals surface area contributed by atoms with Gasteiger partial charge in [-0.25, -0.2) is 4.79 Å². The van der Waals surface area contributed by atoms with Crippen molar-refractivity contribution < 1.29 is 28.8 Å². The number of hydrogen-bond donors (Lipinski definition) is 1. The molecule has 0 aliphatic rings. The van der Waals surface area contributed by atoms with Gasteiger partial charge in [0.15, 0.2) is 0 Å². The number of hydrogen-bond acceptors (Lipinski definition) is 6. The van der Waals surface area contributed by atoms with Gasteiger partial charge in [0.05, 0.1) is 32.5 Å². The SMILES string of the molecule is CCCCCCCCCCCCCCCCCCOc1cc(OCCCOc2ccc(O)cc2)cc(C(=O)OC)c1. The fourth-order valence-electron chi connectivity index (χ4n) is 4.80. The third-order valence-corrected chi connectivity index (χ3v) is 7.23. The molecule has 1 N–H and O–H groups in total. The van der Waals surface area contributed by atoms with E-state index in [0.717, 1.165) is 12.8 Å². The highest BCUT2D eigenvalue weighted by Gasteiger charge is 2.11. The predicted molar refractivity (Wildman–Crippen MR) is 167 cm³/mol. The van der Waals surface area contributed by atoms with Crippen LogP contribution >= 0.6 is 0 Å². The van der Waals surface area contributed by atoms with Crippen molar-refractivity contribution >= 4 is 5.97 Å². The number of unbranched alkanes of at least 4 members (excludes halogenated alkanes) is 15. The fourth-order valence-corrected chi connectivity index (χ4v) is 4.80. The van der Waals surface area contributed by atoms with Crippen molar-refractivity contribution in [1.82, 2.24) is 0 Å². The normalized spacial score (nSPS) is 10.9. The monoisotopic (exact) mass is 570 g/mol. The van der Waals surface area contributed by atoms with Crippen LogP contribution in [0.3, 0.4) is 0 Å². The number of aromatic hydroxyl groups is 1. The number of benzene rings is 2. The molecule has 6 heteroatoms. The maximum absolute atomic E-state index is 12.1. The Morgan fingerprint density at radius 2 is 0.976 bits per heavy atom. The molecule has 0 unspecified atom stereocenters. The summed E-state index contributed by atoms with van der Waals surface area (Å²) in [7, 11) is 1.37. The van der Waals surface area contributed by atoms with Gasteiger partial charge in [-0.3, -0.25) is 0 Å². The quantitative estimate of drug-likeness (QED) is 0.0946. The molecule has 0 bridgehead atoms. The van der Waals surface area contributed by atoms with E-state index in [2.05, 4.69) is 6.92 Å². The molecule has 0 aromatic heterocycles. The van der Waals surface area contributed by atoms with Gasteiger partial charge in [-0.15, -0.1) is 0 Å². The molecule has 0 atom stereocenters. The first-order chi connectivity index (χ1) is 20.1. The first-order valence-corrected chi connectivity index (χ1v) is 16.0. The molecule has 0 radical (unpaired) electrons. The minimum absolute atomic E-state index is 0.207. The van der Waals surface area contributed by atoms with Gasteiger partial charge >= 0.3 is 5.97 Å². The van der Waals surface area contributed by atoms with Crippen LogP contribution in [0.1, 0.15) is 126 Å². The van der Waals surface area contributed by atoms with Crippen LogP contribution in [-0.2, 0) is 4.74 Å². The van der Waals surface area contributed by atoms with Crippen LogP contribution < -0.4 is 14.2 Å². The molecule has 2 aromatic rings. The maximum atomic E-state index is 12.1. The molecule has 230 valence electrons. The van der Waals surface area contributed by atoms with E-state index in [1.165, 1.54) is 97.0 Å². The minimum Gasteiger partial charge on any atom is -0.508 e. The summed E-state index contributed by atoms with van der Waals surface area (Å²) in [5.74, 6) is 1.67. The van der Waals surface area contributed by atoms with Gasteiger partial charge in [0.25, 0.3) is 0 Å². The molecule has 0 amide bonds. The summed E-state index contributed by atoms with van der Waals surface area (Å²) in [6, 6.07) is 11.8. The van der Waals surface area contributed by atoms with Crippen molar-refractivity contribution in [3.63, 3.8) is 0 Å². The molecule has 0 aliphatic heterocycles. The minimum atomic E-state index is -0.418. The summed E-state index contributed by atoms with van der Waals surface area (Å²) in [6.07, 6.45) is 22.1. The highest BCUT2D eigenvalue weighted by atomic mass is 16.5. The van der Waals surface area contributed by atoms with Crippen molar-refractivity contribution in [3.05, 3.63) is 48.0 Å². The van der Waals surface area contributed by atoms with E-state index in [1.54, 1.807) is 36.4 Å². The zero-order valence-electron chi connectivity index (χ0n) is 25.7. The molecular weight excluding hydrogens is 516 g/mol. The average molecular weight is 571 g/mol. The lowest BCUT2D eigenvalue weighted by Crippen LogP contribution is -2.07.